The lowest BCUT2D eigenvalue weighted by atomic mass is 10.1. The van der Waals surface area contributed by atoms with Crippen molar-refractivity contribution in [3.05, 3.63) is 35.4 Å². The fourth-order valence-corrected chi connectivity index (χ4v) is 1.57. The van der Waals surface area contributed by atoms with E-state index >= 15 is 0 Å². The number of hydrogen-bond donors (Lipinski definition) is 1. The van der Waals surface area contributed by atoms with Crippen molar-refractivity contribution in [2.75, 3.05) is 19.8 Å². The Balaban J connectivity index is 2.51. The Kier molecular flexibility index (Phi) is 5.62. The minimum atomic E-state index is -4.27. The zero-order valence-electron chi connectivity index (χ0n) is 10.6. The van der Waals surface area contributed by atoms with Crippen molar-refractivity contribution in [2.24, 2.45) is 0 Å². The van der Waals surface area contributed by atoms with E-state index in [-0.39, 0.29) is 6.04 Å². The molecule has 5 heteroatoms. The molecule has 0 radical (unpaired) electrons. The van der Waals surface area contributed by atoms with E-state index in [0.29, 0.717) is 19.8 Å². The largest absolute Gasteiger partial charge is 0.416 e. The lowest BCUT2D eigenvalue weighted by Crippen LogP contribution is -2.23. The van der Waals surface area contributed by atoms with E-state index < -0.39 is 11.7 Å². The topological polar surface area (TPSA) is 21.3 Å². The molecule has 2 nitrogen and oxygen atoms in total. The van der Waals surface area contributed by atoms with Crippen LogP contribution in [0.2, 0.25) is 0 Å². The summed E-state index contributed by atoms with van der Waals surface area (Å²) in [5.41, 5.74) is 0.215. The van der Waals surface area contributed by atoms with Crippen molar-refractivity contribution < 1.29 is 17.9 Å². The molecule has 1 N–H and O–H groups in total. The Morgan fingerprint density at radius 2 is 1.83 bits per heavy atom. The van der Waals surface area contributed by atoms with Crippen LogP contribution in [0.3, 0.4) is 0 Å². The predicted octanol–water partition coefficient (Wildman–Crippen LogP) is 3.39. The van der Waals surface area contributed by atoms with Gasteiger partial charge in [-0.15, -0.1) is 0 Å². The third kappa shape index (κ3) is 4.66. The summed E-state index contributed by atoms with van der Waals surface area (Å²) in [6.07, 6.45) is -4.27. The number of nitrogens with one attached hydrogen (secondary N) is 1. The number of hydrogen-bond acceptors (Lipinski definition) is 2. The molecule has 0 fully saturated rings. The second-order valence-corrected chi connectivity index (χ2v) is 3.99. The molecule has 0 aromatic heterocycles. The van der Waals surface area contributed by atoms with Gasteiger partial charge in [0.15, 0.2) is 0 Å². The van der Waals surface area contributed by atoms with E-state index in [2.05, 4.69) is 5.32 Å². The summed E-state index contributed by atoms with van der Waals surface area (Å²) in [5, 5.41) is 3.19. The second-order valence-electron chi connectivity index (χ2n) is 3.99. The lowest BCUT2D eigenvalue weighted by molar-refractivity contribution is -0.137. The Labute approximate surface area is 105 Å². The third-order valence-electron chi connectivity index (χ3n) is 2.64. The van der Waals surface area contributed by atoms with E-state index in [0.717, 1.165) is 17.7 Å². The van der Waals surface area contributed by atoms with Crippen LogP contribution in [-0.2, 0) is 10.9 Å². The fraction of sp³-hybridized carbons (Fsp3) is 0.538. The minimum Gasteiger partial charge on any atom is -0.380 e. The van der Waals surface area contributed by atoms with Crippen molar-refractivity contribution >= 4 is 0 Å². The summed E-state index contributed by atoms with van der Waals surface area (Å²) in [4.78, 5) is 0. The van der Waals surface area contributed by atoms with E-state index in [1.807, 2.05) is 13.8 Å². The monoisotopic (exact) mass is 261 g/mol. The van der Waals surface area contributed by atoms with Crippen LogP contribution in [0.15, 0.2) is 24.3 Å². The summed E-state index contributed by atoms with van der Waals surface area (Å²) >= 11 is 0. The molecule has 0 saturated heterocycles. The highest BCUT2D eigenvalue weighted by molar-refractivity contribution is 5.26. The van der Waals surface area contributed by atoms with Gasteiger partial charge in [0.2, 0.25) is 0 Å². The lowest BCUT2D eigenvalue weighted by Gasteiger charge is -2.15. The molecular weight excluding hydrogens is 243 g/mol. The van der Waals surface area contributed by atoms with Gasteiger partial charge in [-0.3, -0.25) is 0 Å². The van der Waals surface area contributed by atoms with Crippen molar-refractivity contribution in [3.8, 4) is 0 Å². The zero-order valence-corrected chi connectivity index (χ0v) is 10.6. The van der Waals surface area contributed by atoms with Crippen LogP contribution in [0.4, 0.5) is 13.2 Å². The van der Waals surface area contributed by atoms with Crippen LogP contribution in [-0.4, -0.2) is 19.8 Å². The molecular formula is C13H18F3NO. The highest BCUT2D eigenvalue weighted by atomic mass is 19.4. The smallest absolute Gasteiger partial charge is 0.380 e. The number of rotatable bonds is 6. The molecule has 1 unspecified atom stereocenters. The van der Waals surface area contributed by atoms with Gasteiger partial charge in [0.1, 0.15) is 0 Å². The molecule has 1 atom stereocenters. The minimum absolute atomic E-state index is 0.00717. The van der Waals surface area contributed by atoms with Crippen molar-refractivity contribution in [3.63, 3.8) is 0 Å². The Morgan fingerprint density at radius 3 is 2.33 bits per heavy atom. The van der Waals surface area contributed by atoms with E-state index in [4.69, 9.17) is 4.74 Å². The molecule has 0 amide bonds. The first-order valence-corrected chi connectivity index (χ1v) is 5.93. The summed E-state index contributed by atoms with van der Waals surface area (Å²) in [7, 11) is 0. The molecule has 1 rings (SSSR count). The van der Waals surface area contributed by atoms with Crippen LogP contribution in [0, 0.1) is 0 Å². The normalized spacial score (nSPS) is 13.6. The van der Waals surface area contributed by atoms with E-state index in [1.54, 1.807) is 0 Å². The van der Waals surface area contributed by atoms with Gasteiger partial charge in [-0.2, -0.15) is 13.2 Å². The Hall–Kier alpha value is -1.07. The van der Waals surface area contributed by atoms with Crippen molar-refractivity contribution in [1.82, 2.24) is 5.32 Å². The van der Waals surface area contributed by atoms with Gasteiger partial charge in [-0.1, -0.05) is 12.1 Å². The number of halogens is 3. The highest BCUT2D eigenvalue weighted by Crippen LogP contribution is 2.29. The quantitative estimate of drug-likeness (QED) is 0.792. The molecule has 0 aliphatic carbocycles. The van der Waals surface area contributed by atoms with Gasteiger partial charge in [-0.25, -0.2) is 0 Å². The Morgan fingerprint density at radius 1 is 1.22 bits per heavy atom. The van der Waals surface area contributed by atoms with Crippen LogP contribution >= 0.6 is 0 Å². The number of ether oxygens (including phenoxy) is 1. The van der Waals surface area contributed by atoms with Crippen molar-refractivity contribution in [1.29, 1.82) is 0 Å². The third-order valence-corrected chi connectivity index (χ3v) is 2.64. The first kappa shape index (κ1) is 15.0. The van der Waals surface area contributed by atoms with Crippen LogP contribution in [0.1, 0.15) is 31.0 Å². The molecule has 102 valence electrons. The molecule has 0 bridgehead atoms. The van der Waals surface area contributed by atoms with Gasteiger partial charge in [0.25, 0.3) is 0 Å². The van der Waals surface area contributed by atoms with E-state index in [9.17, 15) is 13.2 Å². The fourth-order valence-electron chi connectivity index (χ4n) is 1.57. The van der Waals surface area contributed by atoms with Gasteiger partial charge in [0, 0.05) is 19.2 Å². The number of alkyl halides is 3. The molecule has 0 saturated carbocycles. The van der Waals surface area contributed by atoms with Crippen LogP contribution in [0.25, 0.3) is 0 Å². The predicted molar refractivity (Wildman–Crippen MR) is 64.4 cm³/mol. The first-order chi connectivity index (χ1) is 8.45. The SMILES string of the molecule is CCOCCNC(C)c1ccc(C(F)(F)F)cc1. The molecule has 0 spiro atoms. The van der Waals surface area contributed by atoms with Gasteiger partial charge in [-0.05, 0) is 31.5 Å². The van der Waals surface area contributed by atoms with Crippen LogP contribution < -0.4 is 5.32 Å². The molecule has 0 aliphatic heterocycles. The maximum absolute atomic E-state index is 12.4. The summed E-state index contributed by atoms with van der Waals surface area (Å²) < 4.78 is 42.3. The second kappa shape index (κ2) is 6.75. The molecule has 1 aromatic carbocycles. The summed E-state index contributed by atoms with van der Waals surface area (Å²) in [6.45, 7) is 5.77. The number of benzene rings is 1. The van der Waals surface area contributed by atoms with Gasteiger partial charge in [0.05, 0.1) is 12.2 Å². The van der Waals surface area contributed by atoms with Gasteiger partial charge >= 0.3 is 6.18 Å². The van der Waals surface area contributed by atoms with Gasteiger partial charge < -0.3 is 10.1 Å². The average molecular weight is 261 g/mol. The molecule has 0 aliphatic rings. The Bertz CT molecular complexity index is 348. The zero-order chi connectivity index (χ0) is 13.6. The maximum atomic E-state index is 12.4. The first-order valence-electron chi connectivity index (χ1n) is 5.93. The van der Waals surface area contributed by atoms with Crippen molar-refractivity contribution in [2.45, 2.75) is 26.1 Å². The summed E-state index contributed by atoms with van der Waals surface area (Å²) in [6, 6.07) is 5.22. The molecule has 18 heavy (non-hydrogen) atoms. The maximum Gasteiger partial charge on any atom is 0.416 e. The highest BCUT2D eigenvalue weighted by Gasteiger charge is 2.30. The average Bonchev–Trinajstić information content (AvgIpc) is 2.33. The van der Waals surface area contributed by atoms with Crippen LogP contribution in [0.5, 0.6) is 0 Å². The standard InChI is InChI=1S/C13H18F3NO/c1-3-18-9-8-17-10(2)11-4-6-12(7-5-11)13(14,15)16/h4-7,10,17H,3,8-9H2,1-2H3. The molecule has 1 aromatic rings. The molecule has 0 heterocycles. The summed E-state index contributed by atoms with van der Waals surface area (Å²) in [5.74, 6) is 0. The van der Waals surface area contributed by atoms with E-state index in [1.165, 1.54) is 12.1 Å².